The molecule has 7 nitrogen and oxygen atoms in total. The Bertz CT molecular complexity index is 786. The number of hydrogen-bond donors (Lipinski definition) is 2. The van der Waals surface area contributed by atoms with E-state index >= 15 is 0 Å². The zero-order chi connectivity index (χ0) is 15.6. The molecule has 1 amide bonds. The van der Waals surface area contributed by atoms with Gasteiger partial charge in [0, 0.05) is 12.7 Å². The maximum Gasteiger partial charge on any atom is 0.295 e. The number of anilines is 1. The molecule has 2 aromatic rings. The van der Waals surface area contributed by atoms with Gasteiger partial charge in [-0.2, -0.15) is 0 Å². The Morgan fingerprint density at radius 3 is 2.71 bits per heavy atom. The third-order valence-electron chi connectivity index (χ3n) is 2.68. The van der Waals surface area contributed by atoms with Crippen LogP contribution in [0.25, 0.3) is 0 Å². The highest BCUT2D eigenvalue weighted by atomic mass is 35.5. The van der Waals surface area contributed by atoms with Crippen LogP contribution in [-0.4, -0.2) is 35.8 Å². The minimum Gasteiger partial charge on any atom is -0.318 e. The van der Waals surface area contributed by atoms with E-state index in [9.17, 15) is 13.2 Å². The summed E-state index contributed by atoms with van der Waals surface area (Å²) >= 11 is 5.95. The van der Waals surface area contributed by atoms with Crippen molar-refractivity contribution in [2.24, 2.45) is 0 Å². The molecular weight excluding hydrogens is 316 g/mol. The Kier molecular flexibility index (Phi) is 4.29. The van der Waals surface area contributed by atoms with Crippen LogP contribution in [0.3, 0.4) is 0 Å². The first-order chi connectivity index (χ1) is 9.81. The van der Waals surface area contributed by atoms with Crippen molar-refractivity contribution in [3.05, 3.63) is 34.9 Å². The Hall–Kier alpha value is -1.93. The summed E-state index contributed by atoms with van der Waals surface area (Å²) in [6.45, 7) is 1.87. The van der Waals surface area contributed by atoms with E-state index in [0.717, 1.165) is 6.26 Å². The second-order valence-corrected chi connectivity index (χ2v) is 6.75. The van der Waals surface area contributed by atoms with Gasteiger partial charge in [0.1, 0.15) is 5.82 Å². The maximum atomic E-state index is 12.0. The summed E-state index contributed by atoms with van der Waals surface area (Å²) in [5.74, 6) is -0.0256. The van der Waals surface area contributed by atoms with Crippen molar-refractivity contribution in [2.45, 2.75) is 18.2 Å². The Balaban J connectivity index is 2.28. The monoisotopic (exact) mass is 328 g/mol. The molecule has 2 rings (SSSR count). The number of aromatic nitrogens is 3. The number of carbonyl (C=O) groups is 1. The maximum absolute atomic E-state index is 12.0. The van der Waals surface area contributed by atoms with Crippen LogP contribution in [0, 0.1) is 0 Å². The largest absolute Gasteiger partial charge is 0.318 e. The van der Waals surface area contributed by atoms with Crippen molar-refractivity contribution in [3.8, 4) is 0 Å². The van der Waals surface area contributed by atoms with Gasteiger partial charge in [-0.25, -0.2) is 13.4 Å². The molecule has 9 heteroatoms. The predicted molar refractivity (Wildman–Crippen MR) is 78.3 cm³/mol. The number of H-pyrrole nitrogens is 1. The SMILES string of the molecule is CCc1nc(C(=O)Nc2cc(S(C)(=O)=O)ccc2Cl)n[nH]1. The Morgan fingerprint density at radius 2 is 2.14 bits per heavy atom. The number of nitrogens with one attached hydrogen (secondary N) is 2. The van der Waals surface area contributed by atoms with Gasteiger partial charge in [0.15, 0.2) is 9.84 Å². The molecular formula is C12H13ClN4O3S. The number of sulfone groups is 1. The quantitative estimate of drug-likeness (QED) is 0.888. The topological polar surface area (TPSA) is 105 Å². The summed E-state index contributed by atoms with van der Waals surface area (Å²) in [4.78, 5) is 16.0. The van der Waals surface area contributed by atoms with E-state index in [1.54, 1.807) is 0 Å². The number of carbonyl (C=O) groups excluding carboxylic acids is 1. The molecule has 0 saturated carbocycles. The van der Waals surface area contributed by atoms with Crippen molar-refractivity contribution < 1.29 is 13.2 Å². The van der Waals surface area contributed by atoms with Gasteiger partial charge in [-0.3, -0.25) is 9.89 Å². The van der Waals surface area contributed by atoms with Gasteiger partial charge in [-0.1, -0.05) is 18.5 Å². The molecule has 0 saturated heterocycles. The molecule has 1 aromatic carbocycles. The van der Waals surface area contributed by atoms with Crippen LogP contribution >= 0.6 is 11.6 Å². The van der Waals surface area contributed by atoms with Crippen LogP contribution in [0.15, 0.2) is 23.1 Å². The van der Waals surface area contributed by atoms with Gasteiger partial charge >= 0.3 is 0 Å². The molecule has 112 valence electrons. The minimum absolute atomic E-state index is 0.0346. The van der Waals surface area contributed by atoms with E-state index in [2.05, 4.69) is 20.5 Å². The number of halogens is 1. The number of rotatable bonds is 4. The van der Waals surface area contributed by atoms with E-state index < -0.39 is 15.7 Å². The standard InChI is InChI=1S/C12H13ClN4O3S/c1-3-10-15-11(17-16-10)12(18)14-9-6-7(21(2,19)20)4-5-8(9)13/h4-6H,3H2,1-2H3,(H,14,18)(H,15,16,17). The zero-order valence-corrected chi connectivity index (χ0v) is 12.9. The molecule has 0 fully saturated rings. The summed E-state index contributed by atoms with van der Waals surface area (Å²) < 4.78 is 23.0. The number of nitrogens with zero attached hydrogens (tertiary/aromatic N) is 2. The lowest BCUT2D eigenvalue weighted by molar-refractivity contribution is 0.101. The van der Waals surface area contributed by atoms with Crippen LogP contribution in [0.2, 0.25) is 5.02 Å². The molecule has 21 heavy (non-hydrogen) atoms. The van der Waals surface area contributed by atoms with Crippen molar-refractivity contribution in [2.75, 3.05) is 11.6 Å². The average Bonchev–Trinajstić information content (AvgIpc) is 2.88. The van der Waals surface area contributed by atoms with Gasteiger partial charge in [0.25, 0.3) is 5.91 Å². The van der Waals surface area contributed by atoms with Crippen LogP contribution in [0.4, 0.5) is 5.69 Å². The van der Waals surface area contributed by atoms with E-state index in [1.807, 2.05) is 6.92 Å². The third-order valence-corrected chi connectivity index (χ3v) is 4.12. The summed E-state index contributed by atoms with van der Waals surface area (Å²) in [6.07, 6.45) is 1.69. The lowest BCUT2D eigenvalue weighted by atomic mass is 10.3. The molecule has 0 aliphatic rings. The van der Waals surface area contributed by atoms with Crippen LogP contribution in [0.5, 0.6) is 0 Å². The van der Waals surface area contributed by atoms with Crippen molar-refractivity contribution in [3.63, 3.8) is 0 Å². The molecule has 0 unspecified atom stereocenters. The first-order valence-electron chi connectivity index (χ1n) is 6.03. The van der Waals surface area contributed by atoms with Gasteiger partial charge in [-0.15, -0.1) is 5.10 Å². The molecule has 1 aromatic heterocycles. The summed E-state index contributed by atoms with van der Waals surface area (Å²) in [6, 6.07) is 4.07. The molecule has 0 bridgehead atoms. The summed E-state index contributed by atoms with van der Waals surface area (Å²) in [5.41, 5.74) is 0.187. The summed E-state index contributed by atoms with van der Waals surface area (Å²) in [7, 11) is -3.39. The number of amides is 1. The second kappa shape index (κ2) is 5.82. The van der Waals surface area contributed by atoms with Gasteiger partial charge < -0.3 is 5.32 Å². The first-order valence-corrected chi connectivity index (χ1v) is 8.30. The second-order valence-electron chi connectivity index (χ2n) is 4.33. The average molecular weight is 329 g/mol. The molecule has 0 aliphatic heterocycles. The number of aromatic amines is 1. The number of benzene rings is 1. The van der Waals surface area contributed by atoms with Crippen molar-refractivity contribution in [1.29, 1.82) is 0 Å². The molecule has 0 atom stereocenters. The van der Waals surface area contributed by atoms with Crippen LogP contribution in [-0.2, 0) is 16.3 Å². The third kappa shape index (κ3) is 3.59. The Morgan fingerprint density at radius 1 is 1.43 bits per heavy atom. The normalized spacial score (nSPS) is 11.4. The van der Waals surface area contributed by atoms with E-state index in [-0.39, 0.29) is 21.4 Å². The van der Waals surface area contributed by atoms with E-state index in [0.29, 0.717) is 12.2 Å². The molecule has 0 aliphatic carbocycles. The smallest absolute Gasteiger partial charge is 0.295 e. The fraction of sp³-hybridized carbons (Fsp3) is 0.250. The Labute approximate surface area is 126 Å². The first kappa shape index (κ1) is 15.5. The fourth-order valence-corrected chi connectivity index (χ4v) is 2.38. The van der Waals surface area contributed by atoms with Crippen molar-refractivity contribution >= 4 is 33.0 Å². The van der Waals surface area contributed by atoms with E-state index in [4.69, 9.17) is 11.6 Å². The molecule has 1 heterocycles. The fourth-order valence-electron chi connectivity index (χ4n) is 1.56. The molecule has 0 spiro atoms. The van der Waals surface area contributed by atoms with E-state index in [1.165, 1.54) is 18.2 Å². The highest BCUT2D eigenvalue weighted by molar-refractivity contribution is 7.90. The number of aryl methyl sites for hydroxylation is 1. The summed E-state index contributed by atoms with van der Waals surface area (Å²) in [5, 5.41) is 9.12. The van der Waals surface area contributed by atoms with Gasteiger partial charge in [-0.05, 0) is 18.2 Å². The van der Waals surface area contributed by atoms with Crippen molar-refractivity contribution in [1.82, 2.24) is 15.2 Å². The van der Waals surface area contributed by atoms with Gasteiger partial charge in [0.2, 0.25) is 5.82 Å². The minimum atomic E-state index is -3.39. The molecule has 2 N–H and O–H groups in total. The number of hydrogen-bond acceptors (Lipinski definition) is 5. The predicted octanol–water partition coefficient (Wildman–Crippen LogP) is 1.68. The molecule has 0 radical (unpaired) electrons. The zero-order valence-electron chi connectivity index (χ0n) is 11.3. The highest BCUT2D eigenvalue weighted by Crippen LogP contribution is 2.25. The highest BCUT2D eigenvalue weighted by Gasteiger charge is 2.16. The van der Waals surface area contributed by atoms with Crippen LogP contribution < -0.4 is 5.32 Å². The lowest BCUT2D eigenvalue weighted by Gasteiger charge is -2.07. The van der Waals surface area contributed by atoms with Crippen LogP contribution in [0.1, 0.15) is 23.4 Å². The van der Waals surface area contributed by atoms with Gasteiger partial charge in [0.05, 0.1) is 15.6 Å². The lowest BCUT2D eigenvalue weighted by Crippen LogP contribution is -2.14.